The molecule has 0 aromatic rings. The lowest BCUT2D eigenvalue weighted by Crippen LogP contribution is -2.35. The van der Waals surface area contributed by atoms with Crippen molar-refractivity contribution in [1.29, 1.82) is 0 Å². The monoisotopic (exact) mass is 311 g/mol. The van der Waals surface area contributed by atoms with Crippen LogP contribution in [-0.2, 0) is 0 Å². The highest BCUT2D eigenvalue weighted by Gasteiger charge is 2.11. The number of rotatable bonds is 16. The molecule has 0 saturated heterocycles. The van der Waals surface area contributed by atoms with Gasteiger partial charge < -0.3 is 10.8 Å². The number of hydrogen-bond acceptors (Lipinski definition) is 2. The smallest absolute Gasteiger partial charge is 0.110 e. The largest absolute Gasteiger partial charge is 0.376 e. The topological polar surface area (TPSA) is 46.2 Å². The first-order valence-corrected chi connectivity index (χ1v) is 9.72. The summed E-state index contributed by atoms with van der Waals surface area (Å²) in [5.74, 6) is 0. The molecule has 0 radical (unpaired) electrons. The van der Waals surface area contributed by atoms with Gasteiger partial charge in [-0.15, -0.1) is 0 Å². The second-order valence-electron chi connectivity index (χ2n) is 7.05. The summed E-state index contributed by atoms with van der Waals surface area (Å²) in [5.41, 5.74) is 4.57. The fourth-order valence-corrected chi connectivity index (χ4v) is 2.73. The molecule has 3 N–H and O–H groups in total. The van der Waals surface area contributed by atoms with E-state index in [-0.39, 0.29) is 0 Å². The number of allylic oxidation sites excluding steroid dienone is 2. The van der Waals surface area contributed by atoms with Crippen LogP contribution in [0, 0.1) is 0 Å². The minimum Gasteiger partial charge on any atom is -0.376 e. The molecule has 1 atom stereocenters. The molecule has 0 spiro atoms. The van der Waals surface area contributed by atoms with Crippen LogP contribution in [0.4, 0.5) is 0 Å². The molecule has 2 heteroatoms. The molecule has 132 valence electrons. The van der Waals surface area contributed by atoms with E-state index >= 15 is 0 Å². The van der Waals surface area contributed by atoms with Crippen molar-refractivity contribution in [3.8, 4) is 0 Å². The van der Waals surface area contributed by atoms with Gasteiger partial charge in [0.25, 0.3) is 0 Å². The van der Waals surface area contributed by atoms with Crippen LogP contribution >= 0.6 is 0 Å². The maximum atomic E-state index is 9.40. The van der Waals surface area contributed by atoms with Crippen molar-refractivity contribution in [3.05, 3.63) is 12.2 Å². The number of aliphatic hydroxyl groups is 1. The Morgan fingerprint density at radius 1 is 0.727 bits per heavy atom. The van der Waals surface area contributed by atoms with E-state index in [9.17, 15) is 5.11 Å². The summed E-state index contributed by atoms with van der Waals surface area (Å²) in [5, 5.41) is 9.40. The van der Waals surface area contributed by atoms with Crippen LogP contribution in [0.15, 0.2) is 12.2 Å². The fraction of sp³-hybridized carbons (Fsp3) is 0.900. The molecular formula is C20H41NO. The van der Waals surface area contributed by atoms with Crippen LogP contribution < -0.4 is 5.73 Å². The zero-order valence-electron chi connectivity index (χ0n) is 15.3. The van der Waals surface area contributed by atoms with Crippen molar-refractivity contribution in [1.82, 2.24) is 0 Å². The Kier molecular flexibility index (Phi) is 15.3. The third-order valence-electron chi connectivity index (χ3n) is 4.19. The summed E-state index contributed by atoms with van der Waals surface area (Å²) < 4.78 is 0. The summed E-state index contributed by atoms with van der Waals surface area (Å²) in [6.45, 7) is 3.96. The highest BCUT2D eigenvalue weighted by atomic mass is 16.3. The molecule has 0 aliphatic rings. The molecule has 22 heavy (non-hydrogen) atoms. The first-order valence-electron chi connectivity index (χ1n) is 9.72. The van der Waals surface area contributed by atoms with Crippen LogP contribution in [0.3, 0.4) is 0 Å². The van der Waals surface area contributed by atoms with Gasteiger partial charge in [-0.05, 0) is 45.4 Å². The van der Waals surface area contributed by atoms with Gasteiger partial charge in [0.05, 0.1) is 0 Å². The molecule has 2 nitrogen and oxygen atoms in total. The molecule has 0 aromatic carbocycles. The van der Waals surface area contributed by atoms with Gasteiger partial charge in [-0.2, -0.15) is 0 Å². The van der Waals surface area contributed by atoms with Gasteiger partial charge in [0, 0.05) is 0 Å². The Balaban J connectivity index is 3.11. The molecule has 0 rings (SSSR count). The van der Waals surface area contributed by atoms with Gasteiger partial charge in [-0.3, -0.25) is 0 Å². The maximum absolute atomic E-state index is 9.40. The van der Waals surface area contributed by atoms with E-state index in [4.69, 9.17) is 5.73 Å². The average Bonchev–Trinajstić information content (AvgIpc) is 2.45. The Hall–Kier alpha value is -0.340. The maximum Gasteiger partial charge on any atom is 0.110 e. The zero-order valence-corrected chi connectivity index (χ0v) is 15.3. The lowest BCUT2D eigenvalue weighted by atomic mass is 10.0. The summed E-state index contributed by atoms with van der Waals surface area (Å²) in [7, 11) is 0. The molecule has 0 aliphatic heterocycles. The minimum atomic E-state index is -0.971. The van der Waals surface area contributed by atoms with E-state index in [0.717, 1.165) is 6.42 Å². The fourth-order valence-electron chi connectivity index (χ4n) is 2.73. The SMILES string of the molecule is CCCCCCCC/C=C\CCCCCCCCC(C)(N)O. The van der Waals surface area contributed by atoms with Crippen LogP contribution in [0.2, 0.25) is 0 Å². The Labute approximate surface area is 139 Å². The Morgan fingerprint density at radius 3 is 1.59 bits per heavy atom. The van der Waals surface area contributed by atoms with E-state index in [2.05, 4.69) is 19.1 Å². The molecule has 0 bridgehead atoms. The second-order valence-corrected chi connectivity index (χ2v) is 7.05. The summed E-state index contributed by atoms with van der Waals surface area (Å²) in [4.78, 5) is 0. The normalized spacial score (nSPS) is 14.5. The molecule has 1 unspecified atom stereocenters. The summed E-state index contributed by atoms with van der Waals surface area (Å²) in [6.07, 6.45) is 23.8. The predicted molar refractivity (Wildman–Crippen MR) is 98.9 cm³/mol. The molecule has 0 heterocycles. The predicted octanol–water partition coefficient (Wildman–Crippen LogP) is 6.08. The highest BCUT2D eigenvalue weighted by Crippen LogP contribution is 2.12. The second kappa shape index (κ2) is 15.6. The van der Waals surface area contributed by atoms with Gasteiger partial charge in [0.2, 0.25) is 0 Å². The molecule has 0 fully saturated rings. The minimum absolute atomic E-state index is 0.716. The van der Waals surface area contributed by atoms with Crippen molar-refractivity contribution in [2.75, 3.05) is 0 Å². The van der Waals surface area contributed by atoms with Gasteiger partial charge in [0.15, 0.2) is 0 Å². The Morgan fingerprint density at radius 2 is 1.14 bits per heavy atom. The number of hydrogen-bond donors (Lipinski definition) is 2. The molecule has 0 saturated carbocycles. The van der Waals surface area contributed by atoms with E-state index in [1.165, 1.54) is 83.5 Å². The van der Waals surface area contributed by atoms with Crippen molar-refractivity contribution in [2.24, 2.45) is 5.73 Å². The average molecular weight is 312 g/mol. The van der Waals surface area contributed by atoms with Crippen molar-refractivity contribution in [2.45, 2.75) is 116 Å². The van der Waals surface area contributed by atoms with E-state index < -0.39 is 5.72 Å². The molecule has 0 aliphatic carbocycles. The van der Waals surface area contributed by atoms with Crippen LogP contribution in [0.25, 0.3) is 0 Å². The van der Waals surface area contributed by atoms with Crippen molar-refractivity contribution in [3.63, 3.8) is 0 Å². The number of unbranched alkanes of at least 4 members (excludes halogenated alkanes) is 12. The Bertz CT molecular complexity index is 243. The van der Waals surface area contributed by atoms with E-state index in [1.54, 1.807) is 6.92 Å². The van der Waals surface area contributed by atoms with Gasteiger partial charge >= 0.3 is 0 Å². The number of nitrogens with two attached hydrogens (primary N) is 1. The molecule has 0 aromatic heterocycles. The van der Waals surface area contributed by atoms with Gasteiger partial charge in [0.1, 0.15) is 5.72 Å². The van der Waals surface area contributed by atoms with Gasteiger partial charge in [-0.1, -0.05) is 76.9 Å². The zero-order chi connectivity index (χ0) is 16.5. The summed E-state index contributed by atoms with van der Waals surface area (Å²) >= 11 is 0. The van der Waals surface area contributed by atoms with Crippen molar-refractivity contribution < 1.29 is 5.11 Å². The van der Waals surface area contributed by atoms with Crippen LogP contribution in [0.5, 0.6) is 0 Å². The van der Waals surface area contributed by atoms with Crippen LogP contribution in [-0.4, -0.2) is 10.8 Å². The van der Waals surface area contributed by atoms with Gasteiger partial charge in [-0.25, -0.2) is 0 Å². The molecular weight excluding hydrogens is 270 g/mol. The van der Waals surface area contributed by atoms with E-state index in [0.29, 0.717) is 6.42 Å². The third kappa shape index (κ3) is 19.7. The first kappa shape index (κ1) is 21.7. The van der Waals surface area contributed by atoms with Crippen LogP contribution in [0.1, 0.15) is 110 Å². The van der Waals surface area contributed by atoms with Crippen molar-refractivity contribution >= 4 is 0 Å². The standard InChI is InChI=1S/C20H41NO/c1-3-4-5-6-7-8-9-10-11-12-13-14-15-16-17-18-19-20(2,21)22/h10-11,22H,3-9,12-19,21H2,1-2H3/b11-10-. The lowest BCUT2D eigenvalue weighted by Gasteiger charge is -2.16. The van der Waals surface area contributed by atoms with E-state index in [1.807, 2.05) is 0 Å². The molecule has 0 amide bonds. The third-order valence-corrected chi connectivity index (χ3v) is 4.19. The lowest BCUT2D eigenvalue weighted by molar-refractivity contribution is 0.0550. The quantitative estimate of drug-likeness (QED) is 0.206. The summed E-state index contributed by atoms with van der Waals surface area (Å²) in [6, 6.07) is 0. The highest BCUT2D eigenvalue weighted by molar-refractivity contribution is 4.81. The first-order chi connectivity index (χ1) is 10.6.